The van der Waals surface area contributed by atoms with Crippen LogP contribution in [0.2, 0.25) is 0 Å². The van der Waals surface area contributed by atoms with E-state index in [4.69, 9.17) is 4.74 Å². The van der Waals surface area contributed by atoms with E-state index in [-0.39, 0.29) is 11.0 Å². The second kappa shape index (κ2) is 7.71. The van der Waals surface area contributed by atoms with Gasteiger partial charge in [-0.15, -0.1) is 0 Å². The number of alkyl carbamates (subject to hydrolysis) is 1. The van der Waals surface area contributed by atoms with Crippen molar-refractivity contribution in [2.45, 2.75) is 82.5 Å². The van der Waals surface area contributed by atoms with Crippen molar-refractivity contribution < 1.29 is 13.9 Å². The molecule has 3 N–H and O–H groups in total. The highest BCUT2D eigenvalue weighted by atomic mass is 19.1. The van der Waals surface area contributed by atoms with Crippen molar-refractivity contribution in [3.8, 4) is 0 Å². The number of alkyl halides is 1. The van der Waals surface area contributed by atoms with Crippen LogP contribution in [-0.2, 0) is 10.2 Å². The molecule has 3 aromatic heterocycles. The zero-order chi connectivity index (χ0) is 23.4. The molecular weight excluding hydrogens is 425 g/mol. The monoisotopic (exact) mass is 455 g/mol. The topological polar surface area (TPSA) is 109 Å². The third-order valence-corrected chi connectivity index (χ3v) is 6.57. The molecule has 0 radical (unpaired) electrons. The van der Waals surface area contributed by atoms with Crippen LogP contribution in [0.15, 0.2) is 24.5 Å². The molecule has 33 heavy (non-hydrogen) atoms. The maximum Gasteiger partial charge on any atom is 0.407 e. The normalized spacial score (nSPS) is 24.1. The zero-order valence-electron chi connectivity index (χ0n) is 19.4. The van der Waals surface area contributed by atoms with Gasteiger partial charge in [0.15, 0.2) is 11.6 Å². The van der Waals surface area contributed by atoms with E-state index in [9.17, 15) is 4.79 Å². The van der Waals surface area contributed by atoms with Crippen molar-refractivity contribution in [2.24, 2.45) is 0 Å². The van der Waals surface area contributed by atoms with Crippen LogP contribution in [0.25, 0.3) is 5.52 Å². The summed E-state index contributed by atoms with van der Waals surface area (Å²) in [5.74, 6) is 0.752. The Morgan fingerprint density at radius 1 is 1.30 bits per heavy atom. The van der Waals surface area contributed by atoms with Crippen LogP contribution in [0, 0.1) is 0 Å². The summed E-state index contributed by atoms with van der Waals surface area (Å²) in [6.07, 6.45) is 3.80. The Kier molecular flexibility index (Phi) is 5.06. The van der Waals surface area contributed by atoms with Crippen LogP contribution < -0.4 is 10.6 Å². The Morgan fingerprint density at radius 3 is 2.82 bits per heavy atom. The first-order chi connectivity index (χ1) is 15.6. The van der Waals surface area contributed by atoms with Crippen LogP contribution in [0.1, 0.15) is 70.7 Å². The summed E-state index contributed by atoms with van der Waals surface area (Å²) in [6, 6.07) is 3.80. The molecule has 3 aromatic rings. The van der Waals surface area contributed by atoms with Crippen molar-refractivity contribution in [3.63, 3.8) is 0 Å². The fraction of sp³-hybridized carbons (Fsp3) is 0.565. The number of ether oxygens (including phenoxy) is 1. The molecule has 176 valence electrons. The van der Waals surface area contributed by atoms with Gasteiger partial charge in [0.1, 0.15) is 17.8 Å². The fourth-order valence-corrected chi connectivity index (χ4v) is 4.19. The molecule has 10 heteroatoms. The molecule has 1 amide bonds. The number of fused-ring (bicyclic) bond motifs is 1. The van der Waals surface area contributed by atoms with E-state index < -0.39 is 24.3 Å². The van der Waals surface area contributed by atoms with Gasteiger partial charge in [0.25, 0.3) is 0 Å². The molecule has 2 saturated carbocycles. The summed E-state index contributed by atoms with van der Waals surface area (Å²) < 4.78 is 22.3. The molecular formula is C23H30FN7O2. The Bertz CT molecular complexity index is 1180. The first-order valence-electron chi connectivity index (χ1n) is 11.4. The van der Waals surface area contributed by atoms with E-state index in [1.165, 1.54) is 0 Å². The highest BCUT2D eigenvalue weighted by Gasteiger charge is 2.43. The third kappa shape index (κ3) is 4.38. The van der Waals surface area contributed by atoms with Gasteiger partial charge in [-0.3, -0.25) is 5.10 Å². The van der Waals surface area contributed by atoms with Gasteiger partial charge in [-0.2, -0.15) is 10.2 Å². The second-order valence-electron chi connectivity index (χ2n) is 10.5. The van der Waals surface area contributed by atoms with Gasteiger partial charge in [-0.1, -0.05) is 20.8 Å². The standard InChI is InChI=1S/C23H30FN7O2/c1-22(2,3)17-12-15-20(25-9-10-31(15)30-17)26-18-11-14(28-29-18)13-5-6-16(19(13)24)33-21(32)27-23(4)7-8-23/h9-13,16,19H,5-8H2,1-4H3,(H,27,32)(H2,25,26,28,29)/t13-,16-,19+/m1/s1. The first-order valence-corrected chi connectivity index (χ1v) is 11.4. The number of hydrogen-bond donors (Lipinski definition) is 3. The summed E-state index contributed by atoms with van der Waals surface area (Å²) >= 11 is 0. The summed E-state index contributed by atoms with van der Waals surface area (Å²) in [4.78, 5) is 16.5. The van der Waals surface area contributed by atoms with E-state index in [1.807, 2.05) is 13.0 Å². The van der Waals surface area contributed by atoms with Crippen LogP contribution in [0.4, 0.5) is 20.8 Å². The summed E-state index contributed by atoms with van der Waals surface area (Å²) in [5, 5.41) is 17.9. The Balaban J connectivity index is 1.27. The van der Waals surface area contributed by atoms with Gasteiger partial charge in [-0.05, 0) is 38.7 Å². The van der Waals surface area contributed by atoms with E-state index >= 15 is 4.39 Å². The van der Waals surface area contributed by atoms with Gasteiger partial charge in [0, 0.05) is 41.0 Å². The maximum atomic E-state index is 15.1. The first kappa shape index (κ1) is 21.7. The highest BCUT2D eigenvalue weighted by molar-refractivity contribution is 5.72. The number of carbonyl (C=O) groups excluding carboxylic acids is 1. The number of aromatic amines is 1. The average molecular weight is 456 g/mol. The average Bonchev–Trinajstić information content (AvgIpc) is 3.13. The van der Waals surface area contributed by atoms with Crippen molar-refractivity contribution >= 4 is 23.2 Å². The van der Waals surface area contributed by atoms with Gasteiger partial charge in [-0.25, -0.2) is 18.7 Å². The lowest BCUT2D eigenvalue weighted by Gasteiger charge is -2.19. The summed E-state index contributed by atoms with van der Waals surface area (Å²) in [7, 11) is 0. The zero-order valence-corrected chi connectivity index (χ0v) is 19.4. The molecule has 2 fully saturated rings. The van der Waals surface area contributed by atoms with Crippen LogP contribution in [-0.4, -0.2) is 48.7 Å². The number of amides is 1. The SMILES string of the molecule is CC1(NC(=O)O[C@@H]2CC[C@H](c3cc(Nc4nccn5nc(C(C)(C)C)cc45)n[nH]3)[C@@H]2F)CC1. The van der Waals surface area contributed by atoms with Gasteiger partial charge >= 0.3 is 6.09 Å². The van der Waals surface area contributed by atoms with E-state index in [1.54, 1.807) is 23.0 Å². The van der Waals surface area contributed by atoms with E-state index in [2.05, 4.69) is 51.7 Å². The smallest absolute Gasteiger partial charge is 0.407 e. The minimum Gasteiger partial charge on any atom is -0.443 e. The van der Waals surface area contributed by atoms with Gasteiger partial charge in [0.2, 0.25) is 0 Å². The number of anilines is 2. The fourth-order valence-electron chi connectivity index (χ4n) is 4.19. The Hall–Kier alpha value is -3.17. The molecule has 0 aliphatic heterocycles. The lowest BCUT2D eigenvalue weighted by Crippen LogP contribution is -2.38. The predicted octanol–water partition coefficient (Wildman–Crippen LogP) is 4.36. The van der Waals surface area contributed by atoms with E-state index in [0.717, 1.165) is 24.1 Å². The number of nitrogens with one attached hydrogen (secondary N) is 3. The van der Waals surface area contributed by atoms with Gasteiger partial charge < -0.3 is 15.4 Å². The van der Waals surface area contributed by atoms with Crippen molar-refractivity contribution in [3.05, 3.63) is 35.9 Å². The van der Waals surface area contributed by atoms with Crippen molar-refractivity contribution in [1.29, 1.82) is 0 Å². The van der Waals surface area contributed by atoms with Crippen LogP contribution >= 0.6 is 0 Å². The second-order valence-corrected chi connectivity index (χ2v) is 10.5. The van der Waals surface area contributed by atoms with Crippen molar-refractivity contribution in [2.75, 3.05) is 5.32 Å². The Labute approximate surface area is 191 Å². The molecule has 0 saturated heterocycles. The minimum atomic E-state index is -1.29. The Morgan fingerprint density at radius 2 is 2.09 bits per heavy atom. The number of carbonyl (C=O) groups is 1. The lowest BCUT2D eigenvalue weighted by atomic mass is 9.92. The molecule has 3 heterocycles. The largest absolute Gasteiger partial charge is 0.443 e. The number of halogens is 1. The highest BCUT2D eigenvalue weighted by Crippen LogP contribution is 2.39. The molecule has 0 aromatic carbocycles. The van der Waals surface area contributed by atoms with Gasteiger partial charge in [0.05, 0.1) is 5.69 Å². The number of nitrogens with zero attached hydrogens (tertiary/aromatic N) is 4. The molecule has 0 unspecified atom stereocenters. The predicted molar refractivity (Wildman–Crippen MR) is 121 cm³/mol. The maximum absolute atomic E-state index is 15.1. The quantitative estimate of drug-likeness (QED) is 0.528. The molecule has 0 bridgehead atoms. The van der Waals surface area contributed by atoms with Crippen LogP contribution in [0.5, 0.6) is 0 Å². The molecule has 2 aliphatic rings. The summed E-state index contributed by atoms with van der Waals surface area (Å²) in [5.41, 5.74) is 2.18. The number of H-pyrrole nitrogens is 1. The summed E-state index contributed by atoms with van der Waals surface area (Å²) in [6.45, 7) is 8.28. The number of rotatable bonds is 5. The third-order valence-electron chi connectivity index (χ3n) is 6.57. The number of hydrogen-bond acceptors (Lipinski definition) is 6. The number of aromatic nitrogens is 5. The van der Waals surface area contributed by atoms with Crippen LogP contribution in [0.3, 0.4) is 0 Å². The van der Waals surface area contributed by atoms with E-state index in [0.29, 0.717) is 30.2 Å². The van der Waals surface area contributed by atoms with Crippen molar-refractivity contribution in [1.82, 2.24) is 30.1 Å². The molecule has 3 atom stereocenters. The minimum absolute atomic E-state index is 0.0900. The lowest BCUT2D eigenvalue weighted by molar-refractivity contribution is 0.0546. The molecule has 0 spiro atoms. The molecule has 2 aliphatic carbocycles. The molecule has 9 nitrogen and oxygen atoms in total. The molecule has 5 rings (SSSR count).